The first-order valence-corrected chi connectivity index (χ1v) is 18.9. The molecule has 1 heterocycles. The summed E-state index contributed by atoms with van der Waals surface area (Å²) in [6.45, 7) is 16.4. The van der Waals surface area contributed by atoms with E-state index in [9.17, 15) is 0 Å². The highest BCUT2D eigenvalue weighted by Gasteiger charge is 2.51. The molecule has 1 aliphatic rings. The van der Waals surface area contributed by atoms with Crippen LogP contribution in [0.2, 0.25) is 18.1 Å². The normalized spacial score (nSPS) is 21.0. The zero-order valence-corrected chi connectivity index (χ0v) is 27.2. The standard InChI is InChI=1S/C35H45O4Si2/c1-28-32(39-40(5)6)24-16-17-25-33(36-26-29-18-10-7-11-19-29)34(38-28)27-37-41(35(2,3)4,30-20-12-8-13-21-30)31-22-14-9-15-23-31/h7-23,32-34H,1,24-27H2,2-6H3/b17-16-/t32-,33-,34+/m0/s1. The molecule has 217 valence electrons. The summed E-state index contributed by atoms with van der Waals surface area (Å²) in [6.07, 6.45) is 5.08. The Morgan fingerprint density at radius 1 is 0.829 bits per heavy atom. The summed E-state index contributed by atoms with van der Waals surface area (Å²) in [5.41, 5.74) is 1.13. The Morgan fingerprint density at radius 3 is 1.90 bits per heavy atom. The lowest BCUT2D eigenvalue weighted by atomic mass is 10.1. The van der Waals surface area contributed by atoms with Gasteiger partial charge in [-0.3, -0.25) is 0 Å². The van der Waals surface area contributed by atoms with Gasteiger partial charge in [0, 0.05) is 0 Å². The minimum atomic E-state index is -2.77. The minimum absolute atomic E-state index is 0.140. The van der Waals surface area contributed by atoms with E-state index in [1.54, 1.807) is 0 Å². The SMILES string of the molecule is C=C1O[C@H](CO[Si](c2ccccc2)(c2ccccc2)C(C)(C)C)[C@@H](OCc2ccccc2)C/C=C\C[C@@H]1O[Si](C)C. The van der Waals surface area contributed by atoms with Crippen LogP contribution in [-0.2, 0) is 24.9 Å². The molecule has 0 unspecified atom stereocenters. The lowest BCUT2D eigenvalue weighted by Gasteiger charge is -2.44. The zero-order chi connectivity index (χ0) is 29.3. The van der Waals surface area contributed by atoms with E-state index in [1.165, 1.54) is 10.4 Å². The van der Waals surface area contributed by atoms with Crippen LogP contribution in [0.4, 0.5) is 0 Å². The number of ether oxygens (including phenoxy) is 2. The van der Waals surface area contributed by atoms with Crippen LogP contribution in [-0.4, -0.2) is 42.3 Å². The van der Waals surface area contributed by atoms with Gasteiger partial charge < -0.3 is 18.3 Å². The number of benzene rings is 3. The molecule has 1 aliphatic heterocycles. The molecule has 0 bridgehead atoms. The quantitative estimate of drug-likeness (QED) is 0.189. The van der Waals surface area contributed by atoms with Crippen molar-refractivity contribution in [1.82, 2.24) is 0 Å². The third-order valence-corrected chi connectivity index (χ3v) is 13.3. The van der Waals surface area contributed by atoms with Crippen LogP contribution in [0.25, 0.3) is 0 Å². The van der Waals surface area contributed by atoms with Crippen molar-refractivity contribution in [2.24, 2.45) is 0 Å². The molecule has 4 nitrogen and oxygen atoms in total. The third kappa shape index (κ3) is 7.96. The van der Waals surface area contributed by atoms with Gasteiger partial charge in [-0.05, 0) is 46.9 Å². The molecule has 0 N–H and O–H groups in total. The molecular formula is C35H45O4Si2. The lowest BCUT2D eigenvalue weighted by molar-refractivity contribution is -0.0806. The van der Waals surface area contributed by atoms with Crippen LogP contribution in [0.5, 0.6) is 0 Å². The molecular weight excluding hydrogens is 541 g/mol. The first-order chi connectivity index (χ1) is 19.7. The summed E-state index contributed by atoms with van der Waals surface area (Å²) in [5.74, 6) is 0.645. The van der Waals surface area contributed by atoms with Gasteiger partial charge >= 0.3 is 0 Å². The van der Waals surface area contributed by atoms with E-state index in [0.29, 0.717) is 19.0 Å². The molecule has 3 atom stereocenters. The summed E-state index contributed by atoms with van der Waals surface area (Å²) >= 11 is 0. The lowest BCUT2D eigenvalue weighted by Crippen LogP contribution is -2.67. The Labute approximate surface area is 249 Å². The Bertz CT molecular complexity index is 1200. The molecule has 1 radical (unpaired) electrons. The van der Waals surface area contributed by atoms with Gasteiger partial charge in [-0.15, -0.1) is 0 Å². The van der Waals surface area contributed by atoms with Gasteiger partial charge in [0.2, 0.25) is 9.04 Å². The van der Waals surface area contributed by atoms with Crippen LogP contribution in [0.3, 0.4) is 0 Å². The molecule has 4 rings (SSSR count). The van der Waals surface area contributed by atoms with Gasteiger partial charge in [0.15, 0.2) is 0 Å². The van der Waals surface area contributed by atoms with Gasteiger partial charge in [0.05, 0.1) is 13.2 Å². The summed E-state index contributed by atoms with van der Waals surface area (Å²) in [6, 6.07) is 31.7. The Kier molecular flexibility index (Phi) is 11.0. The molecule has 0 amide bonds. The molecule has 0 spiro atoms. The number of hydrogen-bond donors (Lipinski definition) is 0. The van der Waals surface area contributed by atoms with Gasteiger partial charge in [0.1, 0.15) is 24.1 Å². The highest BCUT2D eigenvalue weighted by atomic mass is 28.4. The average Bonchev–Trinajstić information content (AvgIpc) is 3.03. The van der Waals surface area contributed by atoms with Crippen molar-refractivity contribution >= 4 is 27.7 Å². The summed E-state index contributed by atoms with van der Waals surface area (Å²) in [5, 5.41) is 2.35. The number of hydrogen-bond acceptors (Lipinski definition) is 4. The van der Waals surface area contributed by atoms with Crippen molar-refractivity contribution in [3.63, 3.8) is 0 Å². The van der Waals surface area contributed by atoms with Crippen LogP contribution < -0.4 is 10.4 Å². The van der Waals surface area contributed by atoms with Crippen molar-refractivity contribution in [3.8, 4) is 0 Å². The van der Waals surface area contributed by atoms with Crippen LogP contribution in [0.1, 0.15) is 39.2 Å². The van der Waals surface area contributed by atoms with Gasteiger partial charge in [0.25, 0.3) is 8.32 Å². The predicted octanol–water partition coefficient (Wildman–Crippen LogP) is 7.03. The van der Waals surface area contributed by atoms with Crippen molar-refractivity contribution in [3.05, 3.63) is 121 Å². The highest BCUT2D eigenvalue weighted by Crippen LogP contribution is 2.37. The summed E-state index contributed by atoms with van der Waals surface area (Å²) in [7, 11) is -3.70. The van der Waals surface area contributed by atoms with Crippen molar-refractivity contribution in [2.45, 2.75) is 76.7 Å². The van der Waals surface area contributed by atoms with E-state index in [4.69, 9.17) is 18.3 Å². The molecule has 6 heteroatoms. The van der Waals surface area contributed by atoms with E-state index in [1.807, 2.05) is 18.2 Å². The van der Waals surface area contributed by atoms with Crippen LogP contribution >= 0.6 is 0 Å². The molecule has 41 heavy (non-hydrogen) atoms. The fourth-order valence-electron chi connectivity index (χ4n) is 5.54. The van der Waals surface area contributed by atoms with E-state index < -0.39 is 17.4 Å². The van der Waals surface area contributed by atoms with Crippen LogP contribution in [0, 0.1) is 0 Å². The number of rotatable bonds is 10. The zero-order valence-electron chi connectivity index (χ0n) is 25.2. The molecule has 0 fully saturated rings. The minimum Gasteiger partial charge on any atom is -0.488 e. The second-order valence-electron chi connectivity index (χ2n) is 11.9. The first-order valence-electron chi connectivity index (χ1n) is 14.6. The monoisotopic (exact) mass is 585 g/mol. The molecule has 3 aromatic rings. The van der Waals surface area contributed by atoms with Gasteiger partial charge in [-0.25, -0.2) is 0 Å². The van der Waals surface area contributed by atoms with E-state index in [0.717, 1.165) is 18.4 Å². The second-order valence-corrected chi connectivity index (χ2v) is 18.2. The average molecular weight is 586 g/mol. The molecule has 0 saturated carbocycles. The molecule has 0 saturated heterocycles. The fraction of sp³-hybridized carbons (Fsp3) is 0.371. The molecule has 0 aliphatic carbocycles. The molecule has 0 aromatic heterocycles. The smallest absolute Gasteiger partial charge is 0.261 e. The topological polar surface area (TPSA) is 36.9 Å². The third-order valence-electron chi connectivity index (χ3n) is 7.53. The van der Waals surface area contributed by atoms with Crippen molar-refractivity contribution in [2.75, 3.05) is 6.61 Å². The predicted molar refractivity (Wildman–Crippen MR) is 173 cm³/mol. The van der Waals surface area contributed by atoms with Crippen molar-refractivity contribution in [1.29, 1.82) is 0 Å². The largest absolute Gasteiger partial charge is 0.488 e. The molecule has 3 aromatic carbocycles. The highest BCUT2D eigenvalue weighted by molar-refractivity contribution is 6.99. The maximum atomic E-state index is 7.32. The van der Waals surface area contributed by atoms with Gasteiger partial charge in [-0.2, -0.15) is 0 Å². The van der Waals surface area contributed by atoms with E-state index in [-0.39, 0.29) is 23.4 Å². The Balaban J connectivity index is 1.70. The fourth-order valence-corrected chi connectivity index (χ4v) is 10.9. The van der Waals surface area contributed by atoms with E-state index >= 15 is 0 Å². The summed E-state index contributed by atoms with van der Waals surface area (Å²) in [4.78, 5) is 0. The first kappa shape index (κ1) is 31.2. The van der Waals surface area contributed by atoms with Crippen molar-refractivity contribution < 1.29 is 18.3 Å². The maximum Gasteiger partial charge on any atom is 0.261 e. The van der Waals surface area contributed by atoms with Gasteiger partial charge in [-0.1, -0.05) is 130 Å². The maximum absolute atomic E-state index is 7.32. The Hall–Kier alpha value is -2.75. The summed E-state index contributed by atoms with van der Waals surface area (Å²) < 4.78 is 26.9. The van der Waals surface area contributed by atoms with E-state index in [2.05, 4.69) is 125 Å². The van der Waals surface area contributed by atoms with Crippen LogP contribution in [0.15, 0.2) is 115 Å². The second kappa shape index (κ2) is 14.4. The Morgan fingerprint density at radius 2 is 1.37 bits per heavy atom.